The quantitative estimate of drug-likeness (QED) is 0.666. The fourth-order valence-electron chi connectivity index (χ4n) is 5.99. The predicted molar refractivity (Wildman–Crippen MR) is 132 cm³/mol. The molecule has 5 rings (SSSR count). The van der Waals surface area contributed by atoms with Gasteiger partial charge in [0.15, 0.2) is 0 Å². The molecule has 0 unspecified atom stereocenters. The molecule has 1 saturated carbocycles. The molecule has 2 heterocycles. The van der Waals surface area contributed by atoms with Crippen LogP contribution in [0.4, 0.5) is 4.39 Å². The van der Waals surface area contributed by atoms with Crippen LogP contribution in [0.1, 0.15) is 65.9 Å². The highest BCUT2D eigenvalue weighted by Gasteiger charge is 2.49. The van der Waals surface area contributed by atoms with Gasteiger partial charge in [0.1, 0.15) is 11.4 Å². The first-order valence-corrected chi connectivity index (χ1v) is 12.7. The van der Waals surface area contributed by atoms with Gasteiger partial charge in [-0.05, 0) is 81.0 Å². The molecule has 3 fully saturated rings. The zero-order chi connectivity index (χ0) is 24.4. The van der Waals surface area contributed by atoms with E-state index < -0.39 is 11.4 Å². The van der Waals surface area contributed by atoms with E-state index in [9.17, 15) is 19.4 Å². The van der Waals surface area contributed by atoms with Crippen LogP contribution in [0.5, 0.6) is 0 Å². The van der Waals surface area contributed by atoms with E-state index in [1.54, 1.807) is 12.1 Å². The fourth-order valence-corrected chi connectivity index (χ4v) is 5.99. The predicted octanol–water partition coefficient (Wildman–Crippen LogP) is 3.55. The van der Waals surface area contributed by atoms with Gasteiger partial charge in [0, 0.05) is 42.2 Å². The number of aliphatic hydroxyl groups is 2. The van der Waals surface area contributed by atoms with E-state index in [0.717, 1.165) is 56.2 Å². The molecule has 2 saturated heterocycles. The van der Waals surface area contributed by atoms with Crippen LogP contribution in [-0.2, 0) is 0 Å². The minimum absolute atomic E-state index is 0.0142. The molecule has 3 aliphatic rings. The Morgan fingerprint density at radius 1 is 1.06 bits per heavy atom. The molecule has 2 aliphatic heterocycles. The van der Waals surface area contributed by atoms with Gasteiger partial charge in [-0.25, -0.2) is 4.39 Å². The molecule has 5 nitrogen and oxygen atoms in total. The molecular formula is C29H33FN2O3. The van der Waals surface area contributed by atoms with Crippen LogP contribution in [0.15, 0.2) is 48.5 Å². The Morgan fingerprint density at radius 2 is 1.80 bits per heavy atom. The van der Waals surface area contributed by atoms with E-state index in [2.05, 4.69) is 28.9 Å². The number of aliphatic hydroxyl groups excluding tert-OH is 1. The summed E-state index contributed by atoms with van der Waals surface area (Å²) < 4.78 is 13.7. The normalized spacial score (nSPS) is 26.0. The van der Waals surface area contributed by atoms with Gasteiger partial charge in [0.05, 0.1) is 6.61 Å². The van der Waals surface area contributed by atoms with Crippen molar-refractivity contribution >= 4 is 5.91 Å². The number of fused-ring (bicyclic) bond motifs is 1. The van der Waals surface area contributed by atoms with E-state index in [1.807, 2.05) is 17.0 Å². The molecule has 2 aromatic carbocycles. The minimum atomic E-state index is -0.856. The van der Waals surface area contributed by atoms with Crippen molar-refractivity contribution in [1.82, 2.24) is 9.80 Å². The van der Waals surface area contributed by atoms with Crippen LogP contribution in [0, 0.1) is 17.7 Å². The third kappa shape index (κ3) is 4.99. The Bertz CT molecular complexity index is 1120. The van der Waals surface area contributed by atoms with Crippen molar-refractivity contribution in [1.29, 1.82) is 0 Å². The van der Waals surface area contributed by atoms with Gasteiger partial charge in [-0.3, -0.25) is 9.69 Å². The van der Waals surface area contributed by atoms with Crippen molar-refractivity contribution in [2.75, 3.05) is 26.2 Å². The van der Waals surface area contributed by atoms with Crippen molar-refractivity contribution in [2.45, 2.75) is 62.1 Å². The van der Waals surface area contributed by atoms with Crippen LogP contribution >= 0.6 is 0 Å². The molecule has 184 valence electrons. The first kappa shape index (κ1) is 24.0. The van der Waals surface area contributed by atoms with Crippen LogP contribution in [0.3, 0.4) is 0 Å². The molecule has 35 heavy (non-hydrogen) atoms. The Morgan fingerprint density at radius 3 is 2.51 bits per heavy atom. The molecule has 2 N–H and O–H groups in total. The molecule has 0 aromatic heterocycles. The maximum absolute atomic E-state index is 13.7. The number of amides is 1. The summed E-state index contributed by atoms with van der Waals surface area (Å²) in [5.74, 6) is 5.73. The summed E-state index contributed by atoms with van der Waals surface area (Å²) in [5, 5.41) is 20.7. The van der Waals surface area contributed by atoms with Crippen LogP contribution in [-0.4, -0.2) is 69.8 Å². The van der Waals surface area contributed by atoms with E-state index in [1.165, 1.54) is 12.1 Å². The smallest absolute Gasteiger partial charge is 0.254 e. The van der Waals surface area contributed by atoms with Crippen LogP contribution in [0.2, 0.25) is 0 Å². The number of carbonyl (C=O) groups is 1. The second-order valence-corrected chi connectivity index (χ2v) is 10.2. The molecule has 1 amide bonds. The SMILES string of the molecule is O=C(c1cccc(F)c1)N1CCCCN2[C@H](C1)[C@H](c1ccc(C#CC3(O)CCCC3)cc1)[C@@H]2CO. The topological polar surface area (TPSA) is 64.0 Å². The Hall–Kier alpha value is -2.72. The molecule has 2 aromatic rings. The maximum atomic E-state index is 13.7. The van der Waals surface area contributed by atoms with Crippen molar-refractivity contribution in [3.05, 3.63) is 71.0 Å². The second-order valence-electron chi connectivity index (χ2n) is 10.2. The number of hydrogen-bond acceptors (Lipinski definition) is 4. The maximum Gasteiger partial charge on any atom is 0.254 e. The van der Waals surface area contributed by atoms with Gasteiger partial charge in [-0.1, -0.05) is 30.0 Å². The average molecular weight is 477 g/mol. The standard InChI is InChI=1S/C29H33FN2O3/c30-24-7-5-6-23(18-24)28(34)31-16-3-4-17-32-25(19-31)27(26(32)20-33)22-10-8-21(9-11-22)12-15-29(35)13-1-2-14-29/h5-11,18,25-27,33,35H,1-4,13-14,16-17,19-20H2/t25-,26+,27+/m1/s1. The molecule has 6 heteroatoms. The Balaban J connectivity index is 1.35. The van der Waals surface area contributed by atoms with Gasteiger partial charge in [0.2, 0.25) is 0 Å². The lowest BCUT2D eigenvalue weighted by Crippen LogP contribution is -2.67. The summed E-state index contributed by atoms with van der Waals surface area (Å²) in [6, 6.07) is 14.1. The summed E-state index contributed by atoms with van der Waals surface area (Å²) in [7, 11) is 0. The third-order valence-corrected chi connectivity index (χ3v) is 7.89. The molecular weight excluding hydrogens is 443 g/mol. The Kier molecular flexibility index (Phi) is 6.93. The monoisotopic (exact) mass is 476 g/mol. The molecule has 1 aliphatic carbocycles. The fraction of sp³-hybridized carbons (Fsp3) is 0.483. The highest BCUT2D eigenvalue weighted by Crippen LogP contribution is 2.42. The molecule has 3 atom stereocenters. The van der Waals surface area contributed by atoms with Crippen molar-refractivity contribution in [3.8, 4) is 11.8 Å². The number of hydrogen-bond donors (Lipinski definition) is 2. The second kappa shape index (κ2) is 10.1. The highest BCUT2D eigenvalue weighted by molar-refractivity contribution is 5.94. The first-order chi connectivity index (χ1) is 17.0. The van der Waals surface area contributed by atoms with Gasteiger partial charge >= 0.3 is 0 Å². The zero-order valence-electron chi connectivity index (χ0n) is 20.0. The number of halogens is 1. The zero-order valence-corrected chi connectivity index (χ0v) is 20.0. The first-order valence-electron chi connectivity index (χ1n) is 12.7. The lowest BCUT2D eigenvalue weighted by atomic mass is 9.74. The number of carbonyl (C=O) groups excluding carboxylic acids is 1. The largest absolute Gasteiger partial charge is 0.395 e. The summed E-state index contributed by atoms with van der Waals surface area (Å²) in [5.41, 5.74) is 1.50. The minimum Gasteiger partial charge on any atom is -0.395 e. The van der Waals surface area contributed by atoms with E-state index in [4.69, 9.17) is 0 Å². The van der Waals surface area contributed by atoms with E-state index >= 15 is 0 Å². The summed E-state index contributed by atoms with van der Waals surface area (Å²) in [6.45, 7) is 2.16. The van der Waals surface area contributed by atoms with Gasteiger partial charge < -0.3 is 15.1 Å². The Labute approximate surface area is 206 Å². The lowest BCUT2D eigenvalue weighted by Gasteiger charge is -2.57. The van der Waals surface area contributed by atoms with Crippen molar-refractivity contribution in [3.63, 3.8) is 0 Å². The number of nitrogens with zero attached hydrogens (tertiary/aromatic N) is 2. The number of benzene rings is 2. The van der Waals surface area contributed by atoms with Crippen LogP contribution in [0.25, 0.3) is 0 Å². The van der Waals surface area contributed by atoms with Gasteiger partial charge in [-0.15, -0.1) is 0 Å². The summed E-state index contributed by atoms with van der Waals surface area (Å²) >= 11 is 0. The third-order valence-electron chi connectivity index (χ3n) is 7.89. The van der Waals surface area contributed by atoms with E-state index in [0.29, 0.717) is 18.7 Å². The van der Waals surface area contributed by atoms with E-state index in [-0.39, 0.29) is 30.5 Å². The van der Waals surface area contributed by atoms with Gasteiger partial charge in [-0.2, -0.15) is 0 Å². The molecule has 0 spiro atoms. The van der Waals surface area contributed by atoms with Crippen molar-refractivity contribution in [2.24, 2.45) is 0 Å². The summed E-state index contributed by atoms with van der Waals surface area (Å²) in [4.78, 5) is 17.4. The molecule has 0 radical (unpaired) electrons. The highest BCUT2D eigenvalue weighted by atomic mass is 19.1. The molecule has 0 bridgehead atoms. The summed E-state index contributed by atoms with van der Waals surface area (Å²) in [6.07, 6.45) is 5.34. The average Bonchev–Trinajstić information content (AvgIpc) is 3.29. The van der Waals surface area contributed by atoms with Gasteiger partial charge in [0.25, 0.3) is 5.91 Å². The lowest BCUT2D eigenvalue weighted by molar-refractivity contribution is -0.0606. The van der Waals surface area contributed by atoms with Crippen molar-refractivity contribution < 1.29 is 19.4 Å². The van der Waals surface area contributed by atoms with Crippen LogP contribution < -0.4 is 0 Å². The number of rotatable bonds is 3.